The molecule has 262 valence electrons. The second-order valence-corrected chi connectivity index (χ2v) is 15.5. The lowest BCUT2D eigenvalue weighted by Gasteiger charge is -2.26. The van der Waals surface area contributed by atoms with Crippen LogP contribution in [0, 0.1) is 0 Å². The molecule has 0 saturated carbocycles. The zero-order valence-electron chi connectivity index (χ0n) is 30.6. The zero-order valence-corrected chi connectivity index (χ0v) is 31.4. The zero-order chi connectivity index (χ0) is 37.0. The van der Waals surface area contributed by atoms with E-state index in [9.17, 15) is 0 Å². The number of fused-ring (bicyclic) bond motifs is 8. The summed E-state index contributed by atoms with van der Waals surface area (Å²) in [5.41, 5.74) is 10.6. The van der Waals surface area contributed by atoms with Gasteiger partial charge in [-0.2, -0.15) is 0 Å². The normalized spacial score (nSPS) is 11.6. The van der Waals surface area contributed by atoms with E-state index in [4.69, 9.17) is 0 Å². The van der Waals surface area contributed by atoms with Gasteiger partial charge in [0.1, 0.15) is 0 Å². The summed E-state index contributed by atoms with van der Waals surface area (Å²) in [6.45, 7) is 0. The number of hydrogen-bond acceptors (Lipinski definition) is 2. The molecule has 0 bridgehead atoms. The second kappa shape index (κ2) is 13.4. The molecule has 0 aliphatic rings. The number of benzene rings is 10. The third-order valence-corrected chi connectivity index (χ3v) is 12.5. The van der Waals surface area contributed by atoms with Crippen molar-refractivity contribution in [3.05, 3.63) is 212 Å². The van der Waals surface area contributed by atoms with Crippen LogP contribution in [-0.4, -0.2) is 0 Å². The number of thiophene rings is 1. The van der Waals surface area contributed by atoms with Crippen LogP contribution >= 0.6 is 11.3 Å². The van der Waals surface area contributed by atoms with Crippen LogP contribution in [0.3, 0.4) is 0 Å². The van der Waals surface area contributed by atoms with Gasteiger partial charge in [-0.05, 0) is 109 Å². The predicted octanol–water partition coefficient (Wildman–Crippen LogP) is 16.0. The summed E-state index contributed by atoms with van der Waals surface area (Å²) in [6, 6.07) is 77.6. The van der Waals surface area contributed by atoms with Gasteiger partial charge in [-0.25, -0.2) is 0 Å². The number of nitrogens with zero attached hydrogens (tertiary/aromatic N) is 1. The van der Waals surface area contributed by atoms with Gasteiger partial charge >= 0.3 is 0 Å². The Morgan fingerprint density at radius 2 is 0.839 bits per heavy atom. The first-order valence-corrected chi connectivity index (χ1v) is 20.0. The van der Waals surface area contributed by atoms with Crippen LogP contribution in [-0.2, 0) is 0 Å². The minimum Gasteiger partial charge on any atom is -0.310 e. The number of anilines is 3. The molecule has 0 fully saturated rings. The highest BCUT2D eigenvalue weighted by Gasteiger charge is 2.17. The minimum absolute atomic E-state index is 1.11. The molecule has 0 aliphatic carbocycles. The Bertz CT molecular complexity index is 3230. The van der Waals surface area contributed by atoms with Crippen molar-refractivity contribution >= 4 is 80.9 Å². The summed E-state index contributed by atoms with van der Waals surface area (Å²) in [7, 11) is 0. The molecule has 0 spiro atoms. The average Bonchev–Trinajstić information content (AvgIpc) is 3.66. The van der Waals surface area contributed by atoms with Gasteiger partial charge in [0.25, 0.3) is 0 Å². The Balaban J connectivity index is 1.02. The third kappa shape index (κ3) is 5.46. The lowest BCUT2D eigenvalue weighted by atomic mass is 9.93. The lowest BCUT2D eigenvalue weighted by molar-refractivity contribution is 1.28. The van der Waals surface area contributed by atoms with Gasteiger partial charge in [0.05, 0.1) is 0 Å². The third-order valence-electron chi connectivity index (χ3n) is 11.3. The Kier molecular flexibility index (Phi) is 7.75. The summed E-state index contributed by atoms with van der Waals surface area (Å²) in [4.78, 5) is 2.38. The quantitative estimate of drug-likeness (QED) is 0.154. The summed E-state index contributed by atoms with van der Waals surface area (Å²) in [6.07, 6.45) is 0. The van der Waals surface area contributed by atoms with Crippen LogP contribution in [0.5, 0.6) is 0 Å². The molecule has 0 saturated heterocycles. The van der Waals surface area contributed by atoms with Gasteiger partial charge in [0.2, 0.25) is 0 Å². The van der Waals surface area contributed by atoms with Crippen molar-refractivity contribution in [2.75, 3.05) is 4.90 Å². The topological polar surface area (TPSA) is 3.24 Å². The Morgan fingerprint density at radius 1 is 0.286 bits per heavy atom. The van der Waals surface area contributed by atoms with Crippen molar-refractivity contribution in [1.29, 1.82) is 0 Å². The SMILES string of the molecule is c1ccc(-c2cccc(N(c3ccc(-c4cc5ccccc5c5ccccc45)cc3)c3ccc(-c4cccc5c4ccc4c6ccccc6sc54)cc3)c2)cc1. The van der Waals surface area contributed by atoms with Crippen molar-refractivity contribution < 1.29 is 0 Å². The van der Waals surface area contributed by atoms with Gasteiger partial charge < -0.3 is 4.90 Å². The van der Waals surface area contributed by atoms with Crippen LogP contribution in [0.4, 0.5) is 17.1 Å². The molecular weight excluding hydrogens is 695 g/mol. The molecule has 1 nitrogen and oxygen atoms in total. The summed E-state index contributed by atoms with van der Waals surface area (Å²) in [5, 5.41) is 10.3. The van der Waals surface area contributed by atoms with Crippen molar-refractivity contribution in [2.24, 2.45) is 0 Å². The predicted molar refractivity (Wildman–Crippen MR) is 243 cm³/mol. The molecule has 0 amide bonds. The molecule has 11 aromatic rings. The largest absolute Gasteiger partial charge is 0.310 e. The minimum atomic E-state index is 1.11. The fourth-order valence-electron chi connectivity index (χ4n) is 8.57. The summed E-state index contributed by atoms with van der Waals surface area (Å²) >= 11 is 1.89. The van der Waals surface area contributed by atoms with E-state index in [2.05, 4.69) is 217 Å². The standard InChI is InChI=1S/C54H35NS/c1-2-12-36(13-3-1)39-15-10-16-43(34-39)55(42-30-26-38(27-31-42)52-35-40-14-4-5-17-45(40)46-18-6-7-19-47(46)52)41-28-24-37(25-29-41)44-21-11-22-50-48(44)32-33-51-49-20-8-9-23-53(49)56-54(50)51/h1-35H. The van der Waals surface area contributed by atoms with Crippen molar-refractivity contribution in [3.63, 3.8) is 0 Å². The van der Waals surface area contributed by atoms with Crippen LogP contribution in [0.15, 0.2) is 212 Å². The maximum atomic E-state index is 2.38. The molecule has 56 heavy (non-hydrogen) atoms. The molecular formula is C54H35NS. The maximum absolute atomic E-state index is 2.38. The van der Waals surface area contributed by atoms with E-state index >= 15 is 0 Å². The summed E-state index contributed by atoms with van der Waals surface area (Å²) in [5.74, 6) is 0. The molecule has 0 N–H and O–H groups in total. The first-order valence-electron chi connectivity index (χ1n) is 19.2. The van der Waals surface area contributed by atoms with Gasteiger partial charge in [-0.15, -0.1) is 11.3 Å². The van der Waals surface area contributed by atoms with E-state index < -0.39 is 0 Å². The summed E-state index contributed by atoms with van der Waals surface area (Å²) < 4.78 is 2.69. The fourth-order valence-corrected chi connectivity index (χ4v) is 9.80. The van der Waals surface area contributed by atoms with E-state index in [1.165, 1.54) is 85.9 Å². The van der Waals surface area contributed by atoms with Crippen molar-refractivity contribution in [1.82, 2.24) is 0 Å². The Labute approximate surface area is 330 Å². The second-order valence-electron chi connectivity index (χ2n) is 14.5. The van der Waals surface area contributed by atoms with Crippen LogP contribution in [0.1, 0.15) is 0 Å². The molecule has 1 aromatic heterocycles. The van der Waals surface area contributed by atoms with E-state index in [0.717, 1.165) is 17.1 Å². The number of hydrogen-bond donors (Lipinski definition) is 0. The maximum Gasteiger partial charge on any atom is 0.0467 e. The molecule has 1 heterocycles. The van der Waals surface area contributed by atoms with Crippen LogP contribution in [0.25, 0.3) is 85.9 Å². The highest BCUT2D eigenvalue weighted by molar-refractivity contribution is 7.26. The molecule has 2 heteroatoms. The van der Waals surface area contributed by atoms with E-state index in [-0.39, 0.29) is 0 Å². The highest BCUT2D eigenvalue weighted by Crippen LogP contribution is 2.43. The molecule has 0 aliphatic heterocycles. The molecule has 0 unspecified atom stereocenters. The van der Waals surface area contributed by atoms with Crippen molar-refractivity contribution in [2.45, 2.75) is 0 Å². The van der Waals surface area contributed by atoms with Crippen LogP contribution in [0.2, 0.25) is 0 Å². The first kappa shape index (κ1) is 32.4. The lowest BCUT2D eigenvalue weighted by Crippen LogP contribution is -2.10. The highest BCUT2D eigenvalue weighted by atomic mass is 32.1. The fraction of sp³-hybridized carbons (Fsp3) is 0. The van der Waals surface area contributed by atoms with E-state index in [1.807, 2.05) is 11.3 Å². The van der Waals surface area contributed by atoms with Gasteiger partial charge in [-0.1, -0.05) is 164 Å². The smallest absolute Gasteiger partial charge is 0.0467 e. The monoisotopic (exact) mass is 729 g/mol. The molecule has 0 radical (unpaired) electrons. The Hall–Kier alpha value is -7.00. The van der Waals surface area contributed by atoms with E-state index in [0.29, 0.717) is 0 Å². The van der Waals surface area contributed by atoms with Crippen LogP contribution < -0.4 is 4.90 Å². The Morgan fingerprint density at radius 3 is 1.62 bits per heavy atom. The molecule has 0 atom stereocenters. The molecule has 11 rings (SSSR count). The average molecular weight is 730 g/mol. The van der Waals surface area contributed by atoms with Gasteiger partial charge in [0, 0.05) is 42.6 Å². The first-order chi connectivity index (χ1) is 27.8. The van der Waals surface area contributed by atoms with Gasteiger partial charge in [-0.3, -0.25) is 0 Å². The van der Waals surface area contributed by atoms with Crippen molar-refractivity contribution in [3.8, 4) is 33.4 Å². The van der Waals surface area contributed by atoms with Gasteiger partial charge in [0.15, 0.2) is 0 Å². The molecule has 10 aromatic carbocycles. The van der Waals surface area contributed by atoms with E-state index in [1.54, 1.807) is 0 Å². The number of rotatable bonds is 6.